The minimum absolute atomic E-state index is 0.0345. The Kier molecular flexibility index (Phi) is 2.98. The van der Waals surface area contributed by atoms with Gasteiger partial charge in [0.1, 0.15) is 6.04 Å². The van der Waals surface area contributed by atoms with Crippen molar-refractivity contribution in [2.45, 2.75) is 25.8 Å². The third-order valence-electron chi connectivity index (χ3n) is 2.50. The lowest BCUT2D eigenvalue weighted by atomic mass is 10.2. The van der Waals surface area contributed by atoms with Gasteiger partial charge >= 0.3 is 0 Å². The van der Waals surface area contributed by atoms with Crippen LogP contribution < -0.4 is 5.32 Å². The average Bonchev–Trinajstić information content (AvgIpc) is 2.64. The molecule has 0 aromatic carbocycles. The second-order valence-electron chi connectivity index (χ2n) is 4.27. The molecule has 0 bridgehead atoms. The monoisotopic (exact) mass is 245 g/mol. The van der Waals surface area contributed by atoms with Gasteiger partial charge in [0, 0.05) is 12.5 Å². The van der Waals surface area contributed by atoms with Gasteiger partial charge in [-0.25, -0.2) is 8.42 Å². The van der Waals surface area contributed by atoms with E-state index in [9.17, 15) is 8.42 Å². The van der Waals surface area contributed by atoms with E-state index in [1.807, 2.05) is 13.8 Å². The molecule has 16 heavy (non-hydrogen) atoms. The van der Waals surface area contributed by atoms with Crippen molar-refractivity contribution in [3.8, 4) is 0 Å². The second-order valence-corrected chi connectivity index (χ2v) is 6.50. The molecule has 1 fully saturated rings. The van der Waals surface area contributed by atoms with E-state index >= 15 is 0 Å². The Bertz CT molecular complexity index is 466. The average molecular weight is 245 g/mol. The third kappa shape index (κ3) is 2.41. The van der Waals surface area contributed by atoms with Gasteiger partial charge in [0.15, 0.2) is 15.7 Å². The molecule has 7 heteroatoms. The first-order chi connectivity index (χ1) is 7.48. The van der Waals surface area contributed by atoms with Crippen LogP contribution in [-0.2, 0) is 9.84 Å². The SMILES string of the molecule is CC(C)c1noc(C2CS(=O)(=O)CCN2)n1. The fourth-order valence-corrected chi connectivity index (χ4v) is 2.93. The van der Waals surface area contributed by atoms with Crippen molar-refractivity contribution in [2.75, 3.05) is 18.1 Å². The Morgan fingerprint density at radius 1 is 1.50 bits per heavy atom. The molecule has 0 radical (unpaired) electrons. The van der Waals surface area contributed by atoms with Crippen LogP contribution >= 0.6 is 0 Å². The Labute approximate surface area is 94.3 Å². The van der Waals surface area contributed by atoms with E-state index in [1.54, 1.807) is 0 Å². The van der Waals surface area contributed by atoms with E-state index in [1.165, 1.54) is 0 Å². The molecule has 90 valence electrons. The normalized spacial score (nSPS) is 24.8. The fourth-order valence-electron chi connectivity index (χ4n) is 1.57. The third-order valence-corrected chi connectivity index (χ3v) is 4.16. The van der Waals surface area contributed by atoms with Gasteiger partial charge in [-0.1, -0.05) is 19.0 Å². The highest BCUT2D eigenvalue weighted by atomic mass is 32.2. The maximum Gasteiger partial charge on any atom is 0.244 e. The van der Waals surface area contributed by atoms with Gasteiger partial charge in [0.25, 0.3) is 0 Å². The predicted octanol–water partition coefficient (Wildman–Crippen LogP) is 0.252. The zero-order valence-electron chi connectivity index (χ0n) is 9.30. The maximum atomic E-state index is 11.4. The molecular weight excluding hydrogens is 230 g/mol. The van der Waals surface area contributed by atoms with E-state index in [0.29, 0.717) is 18.3 Å². The first-order valence-corrected chi connectivity index (χ1v) is 7.07. The maximum absolute atomic E-state index is 11.4. The summed E-state index contributed by atoms with van der Waals surface area (Å²) in [6.07, 6.45) is 0. The van der Waals surface area contributed by atoms with Gasteiger partial charge < -0.3 is 9.84 Å². The van der Waals surface area contributed by atoms with Gasteiger partial charge in [-0.15, -0.1) is 0 Å². The van der Waals surface area contributed by atoms with E-state index < -0.39 is 9.84 Å². The summed E-state index contributed by atoms with van der Waals surface area (Å²) in [5.41, 5.74) is 0. The Balaban J connectivity index is 2.17. The summed E-state index contributed by atoms with van der Waals surface area (Å²) >= 11 is 0. The highest BCUT2D eigenvalue weighted by Gasteiger charge is 2.29. The quantitative estimate of drug-likeness (QED) is 0.804. The second kappa shape index (κ2) is 4.14. The van der Waals surface area contributed by atoms with Crippen LogP contribution in [-0.4, -0.2) is 36.6 Å². The van der Waals surface area contributed by atoms with Crippen molar-refractivity contribution < 1.29 is 12.9 Å². The molecule has 1 aromatic heterocycles. The fraction of sp³-hybridized carbons (Fsp3) is 0.778. The van der Waals surface area contributed by atoms with Crippen LogP contribution in [0.1, 0.15) is 37.5 Å². The molecule has 0 amide bonds. The first-order valence-electron chi connectivity index (χ1n) is 5.25. The smallest absolute Gasteiger partial charge is 0.244 e. The standard InChI is InChI=1S/C9H15N3O3S/c1-6(2)8-11-9(15-12-8)7-5-16(13,14)4-3-10-7/h6-7,10H,3-5H2,1-2H3. The predicted molar refractivity (Wildman–Crippen MR) is 57.8 cm³/mol. The Morgan fingerprint density at radius 2 is 2.25 bits per heavy atom. The molecule has 1 aliphatic rings. The van der Waals surface area contributed by atoms with Gasteiger partial charge in [-0.05, 0) is 0 Å². The van der Waals surface area contributed by atoms with E-state index in [4.69, 9.17) is 4.52 Å². The van der Waals surface area contributed by atoms with Crippen LogP contribution in [0.4, 0.5) is 0 Å². The molecular formula is C9H15N3O3S. The zero-order valence-corrected chi connectivity index (χ0v) is 10.1. The molecule has 1 aromatic rings. The Morgan fingerprint density at radius 3 is 2.81 bits per heavy atom. The van der Waals surface area contributed by atoms with Crippen LogP contribution in [0.25, 0.3) is 0 Å². The van der Waals surface area contributed by atoms with Crippen molar-refractivity contribution in [2.24, 2.45) is 0 Å². The number of sulfone groups is 1. The molecule has 1 saturated heterocycles. The van der Waals surface area contributed by atoms with Crippen molar-refractivity contribution >= 4 is 9.84 Å². The van der Waals surface area contributed by atoms with Gasteiger partial charge in [0.2, 0.25) is 5.89 Å². The van der Waals surface area contributed by atoms with Crippen LogP contribution in [0.2, 0.25) is 0 Å². The van der Waals surface area contributed by atoms with Crippen molar-refractivity contribution in [1.82, 2.24) is 15.5 Å². The van der Waals surface area contributed by atoms with E-state index in [2.05, 4.69) is 15.5 Å². The van der Waals surface area contributed by atoms with Gasteiger partial charge in [0.05, 0.1) is 11.5 Å². The van der Waals surface area contributed by atoms with Gasteiger partial charge in [-0.3, -0.25) is 0 Å². The van der Waals surface area contributed by atoms with E-state index in [-0.39, 0.29) is 23.5 Å². The number of hydrogen-bond acceptors (Lipinski definition) is 6. The highest BCUT2D eigenvalue weighted by Crippen LogP contribution is 2.19. The lowest BCUT2D eigenvalue weighted by Gasteiger charge is -2.20. The molecule has 0 spiro atoms. The largest absolute Gasteiger partial charge is 0.338 e. The van der Waals surface area contributed by atoms with Crippen LogP contribution in [0.5, 0.6) is 0 Å². The molecule has 1 unspecified atom stereocenters. The van der Waals surface area contributed by atoms with Crippen LogP contribution in [0, 0.1) is 0 Å². The number of nitrogens with zero attached hydrogens (tertiary/aromatic N) is 2. The van der Waals surface area contributed by atoms with Crippen LogP contribution in [0.3, 0.4) is 0 Å². The molecule has 1 aliphatic heterocycles. The number of nitrogens with one attached hydrogen (secondary N) is 1. The summed E-state index contributed by atoms with van der Waals surface area (Å²) in [6.45, 7) is 4.35. The molecule has 0 saturated carbocycles. The zero-order chi connectivity index (χ0) is 11.8. The topological polar surface area (TPSA) is 85.1 Å². The van der Waals surface area contributed by atoms with Crippen LogP contribution in [0.15, 0.2) is 4.52 Å². The first kappa shape index (κ1) is 11.5. The van der Waals surface area contributed by atoms with Gasteiger partial charge in [-0.2, -0.15) is 4.98 Å². The minimum atomic E-state index is -2.98. The van der Waals surface area contributed by atoms with Crippen molar-refractivity contribution in [3.63, 3.8) is 0 Å². The summed E-state index contributed by atoms with van der Waals surface area (Å²) in [7, 11) is -2.98. The van der Waals surface area contributed by atoms with Crippen molar-refractivity contribution in [3.05, 3.63) is 11.7 Å². The van der Waals surface area contributed by atoms with Crippen molar-refractivity contribution in [1.29, 1.82) is 0 Å². The summed E-state index contributed by atoms with van der Waals surface area (Å²) in [5.74, 6) is 1.37. The number of hydrogen-bond donors (Lipinski definition) is 1. The summed E-state index contributed by atoms with van der Waals surface area (Å²) in [4.78, 5) is 4.19. The highest BCUT2D eigenvalue weighted by molar-refractivity contribution is 7.91. The molecule has 1 atom stereocenters. The molecule has 0 aliphatic carbocycles. The lowest BCUT2D eigenvalue weighted by Crippen LogP contribution is -2.39. The summed E-state index contributed by atoms with van der Waals surface area (Å²) in [5, 5.41) is 6.89. The number of aromatic nitrogens is 2. The minimum Gasteiger partial charge on any atom is -0.338 e. The molecule has 2 rings (SSSR count). The molecule has 6 nitrogen and oxygen atoms in total. The molecule has 1 N–H and O–H groups in total. The number of rotatable bonds is 2. The lowest BCUT2D eigenvalue weighted by molar-refractivity contribution is 0.334. The Hall–Kier alpha value is -0.950. The molecule has 2 heterocycles. The summed E-state index contributed by atoms with van der Waals surface area (Å²) in [6, 6.07) is -0.362. The summed E-state index contributed by atoms with van der Waals surface area (Å²) < 4.78 is 28.0. The van der Waals surface area contributed by atoms with E-state index in [0.717, 1.165) is 0 Å².